The summed E-state index contributed by atoms with van der Waals surface area (Å²) < 4.78 is 1.95. The molecule has 1 aromatic heterocycles. The lowest BCUT2D eigenvalue weighted by Gasteiger charge is -2.31. The van der Waals surface area contributed by atoms with Crippen molar-refractivity contribution in [2.75, 3.05) is 19.6 Å². The Hall–Kier alpha value is -1.94. The molecule has 2 heterocycles. The molecule has 0 bridgehead atoms. The predicted octanol–water partition coefficient (Wildman–Crippen LogP) is 2.70. The second kappa shape index (κ2) is 7.18. The molecule has 2 aromatic rings. The Labute approximate surface area is 126 Å². The van der Waals surface area contributed by atoms with Gasteiger partial charge in [-0.3, -0.25) is 9.58 Å². The van der Waals surface area contributed by atoms with E-state index in [0.717, 1.165) is 19.6 Å². The number of rotatable bonds is 5. The van der Waals surface area contributed by atoms with Crippen LogP contribution in [-0.2, 0) is 6.54 Å². The molecule has 4 heteroatoms. The Kier molecular flexibility index (Phi) is 4.79. The molecule has 0 aliphatic carbocycles. The van der Waals surface area contributed by atoms with Crippen molar-refractivity contribution in [1.82, 2.24) is 19.7 Å². The number of benzene rings is 1. The van der Waals surface area contributed by atoms with E-state index in [-0.39, 0.29) is 0 Å². The van der Waals surface area contributed by atoms with Gasteiger partial charge in [-0.25, -0.2) is 4.98 Å². The first-order valence-electron chi connectivity index (χ1n) is 7.66. The fourth-order valence-corrected chi connectivity index (χ4v) is 2.96. The molecule has 1 saturated heterocycles. The number of hydrogen-bond acceptors (Lipinski definition) is 3. The van der Waals surface area contributed by atoms with E-state index in [1.54, 1.807) is 6.33 Å². The Bertz CT molecular complexity index is 547. The molecule has 110 valence electrons. The second-order valence-electron chi connectivity index (χ2n) is 5.70. The highest BCUT2D eigenvalue weighted by molar-refractivity contribution is 5.48. The van der Waals surface area contributed by atoms with Crippen LogP contribution in [0, 0.1) is 5.92 Å². The van der Waals surface area contributed by atoms with Crippen LogP contribution in [0.4, 0.5) is 0 Å². The molecule has 4 nitrogen and oxygen atoms in total. The minimum atomic E-state index is 0.686. The van der Waals surface area contributed by atoms with Crippen LogP contribution in [0.15, 0.2) is 49.1 Å². The van der Waals surface area contributed by atoms with E-state index in [4.69, 9.17) is 0 Å². The van der Waals surface area contributed by atoms with Gasteiger partial charge in [0.15, 0.2) is 0 Å². The lowest BCUT2D eigenvalue weighted by molar-refractivity contribution is 0.174. The monoisotopic (exact) mass is 282 g/mol. The van der Waals surface area contributed by atoms with Crippen molar-refractivity contribution in [3.05, 3.63) is 54.6 Å². The number of nitrogens with zero attached hydrogens (tertiary/aromatic N) is 4. The van der Waals surface area contributed by atoms with Crippen molar-refractivity contribution < 1.29 is 0 Å². The van der Waals surface area contributed by atoms with Gasteiger partial charge in [0, 0.05) is 19.6 Å². The normalized spacial score (nSPS) is 20.1. The van der Waals surface area contributed by atoms with Gasteiger partial charge < -0.3 is 0 Å². The topological polar surface area (TPSA) is 34.0 Å². The van der Waals surface area contributed by atoms with Crippen LogP contribution in [0.5, 0.6) is 0 Å². The van der Waals surface area contributed by atoms with Crippen molar-refractivity contribution >= 4 is 6.08 Å². The molecule has 0 spiro atoms. The number of likely N-dealkylation sites (tertiary alicyclic amines) is 1. The van der Waals surface area contributed by atoms with E-state index in [0.29, 0.717) is 5.92 Å². The molecule has 0 radical (unpaired) electrons. The summed E-state index contributed by atoms with van der Waals surface area (Å²) in [5.74, 6) is 0.686. The van der Waals surface area contributed by atoms with Gasteiger partial charge >= 0.3 is 0 Å². The molecular weight excluding hydrogens is 260 g/mol. The van der Waals surface area contributed by atoms with Crippen LogP contribution in [0.1, 0.15) is 18.4 Å². The summed E-state index contributed by atoms with van der Waals surface area (Å²) in [7, 11) is 0. The standard InChI is InChI=1S/C17H22N4/c1-2-6-16(7-3-1)8-4-10-20-11-5-9-17(12-20)13-21-15-18-14-19-21/h1-4,6-8,14-15,17H,5,9-13H2/b8-4-/t17-/m0/s1. The summed E-state index contributed by atoms with van der Waals surface area (Å²) in [6.45, 7) is 4.37. The van der Waals surface area contributed by atoms with Crippen LogP contribution >= 0.6 is 0 Å². The van der Waals surface area contributed by atoms with Crippen LogP contribution in [-0.4, -0.2) is 39.3 Å². The third kappa shape index (κ3) is 4.26. The first-order chi connectivity index (χ1) is 10.4. The van der Waals surface area contributed by atoms with Gasteiger partial charge in [-0.15, -0.1) is 0 Å². The highest BCUT2D eigenvalue weighted by Crippen LogP contribution is 2.17. The fourth-order valence-electron chi connectivity index (χ4n) is 2.96. The van der Waals surface area contributed by atoms with Crippen LogP contribution in [0.3, 0.4) is 0 Å². The maximum Gasteiger partial charge on any atom is 0.137 e. The van der Waals surface area contributed by atoms with Crippen molar-refractivity contribution in [1.29, 1.82) is 0 Å². The number of aromatic nitrogens is 3. The molecule has 1 aliphatic heterocycles. The molecule has 21 heavy (non-hydrogen) atoms. The quantitative estimate of drug-likeness (QED) is 0.845. The molecule has 1 aromatic carbocycles. The van der Waals surface area contributed by atoms with E-state index in [9.17, 15) is 0 Å². The van der Waals surface area contributed by atoms with Gasteiger partial charge in [-0.1, -0.05) is 42.5 Å². The molecule has 0 saturated carbocycles. The first-order valence-corrected chi connectivity index (χ1v) is 7.66. The third-order valence-electron chi connectivity index (χ3n) is 3.99. The van der Waals surface area contributed by atoms with E-state index in [2.05, 4.69) is 57.5 Å². The Morgan fingerprint density at radius 1 is 1.24 bits per heavy atom. The van der Waals surface area contributed by atoms with E-state index >= 15 is 0 Å². The van der Waals surface area contributed by atoms with Gasteiger partial charge in [-0.05, 0) is 30.9 Å². The van der Waals surface area contributed by atoms with Crippen molar-refractivity contribution in [3.8, 4) is 0 Å². The predicted molar refractivity (Wildman–Crippen MR) is 84.7 cm³/mol. The van der Waals surface area contributed by atoms with Crippen molar-refractivity contribution in [2.24, 2.45) is 5.92 Å². The number of hydrogen-bond donors (Lipinski definition) is 0. The average molecular weight is 282 g/mol. The summed E-state index contributed by atoms with van der Waals surface area (Å²) in [6.07, 6.45) is 10.5. The molecule has 3 rings (SSSR count). The Balaban J connectivity index is 1.48. The SMILES string of the molecule is C(=C/c1ccccc1)/CN1CCC[C@H](Cn2cncn2)C1. The maximum atomic E-state index is 4.21. The molecule has 0 unspecified atom stereocenters. The summed E-state index contributed by atoms with van der Waals surface area (Å²) in [4.78, 5) is 6.55. The Morgan fingerprint density at radius 3 is 2.95 bits per heavy atom. The second-order valence-corrected chi connectivity index (χ2v) is 5.70. The summed E-state index contributed by atoms with van der Waals surface area (Å²) in [6, 6.07) is 10.5. The largest absolute Gasteiger partial charge is 0.299 e. The Morgan fingerprint density at radius 2 is 2.14 bits per heavy atom. The van der Waals surface area contributed by atoms with Gasteiger partial charge in [0.05, 0.1) is 0 Å². The minimum Gasteiger partial charge on any atom is -0.299 e. The van der Waals surface area contributed by atoms with E-state index < -0.39 is 0 Å². The molecule has 0 amide bonds. The maximum absolute atomic E-state index is 4.21. The third-order valence-corrected chi connectivity index (χ3v) is 3.99. The zero-order valence-corrected chi connectivity index (χ0v) is 12.3. The minimum absolute atomic E-state index is 0.686. The van der Waals surface area contributed by atoms with Crippen LogP contribution in [0.25, 0.3) is 6.08 Å². The van der Waals surface area contributed by atoms with E-state index in [1.165, 1.54) is 24.9 Å². The van der Waals surface area contributed by atoms with Crippen molar-refractivity contribution in [3.63, 3.8) is 0 Å². The summed E-state index contributed by atoms with van der Waals surface area (Å²) in [5.41, 5.74) is 1.27. The fraction of sp³-hybridized carbons (Fsp3) is 0.412. The van der Waals surface area contributed by atoms with Crippen molar-refractivity contribution in [2.45, 2.75) is 19.4 Å². The zero-order chi connectivity index (χ0) is 14.3. The van der Waals surface area contributed by atoms with Gasteiger partial charge in [0.25, 0.3) is 0 Å². The van der Waals surface area contributed by atoms with Crippen LogP contribution in [0.2, 0.25) is 0 Å². The first kappa shape index (κ1) is 14.0. The average Bonchev–Trinajstić information content (AvgIpc) is 3.02. The zero-order valence-electron chi connectivity index (χ0n) is 12.3. The number of piperidine rings is 1. The van der Waals surface area contributed by atoms with Gasteiger partial charge in [0.2, 0.25) is 0 Å². The molecule has 1 aliphatic rings. The highest BCUT2D eigenvalue weighted by Gasteiger charge is 2.19. The van der Waals surface area contributed by atoms with Gasteiger partial charge in [0.1, 0.15) is 12.7 Å². The summed E-state index contributed by atoms with van der Waals surface area (Å²) in [5, 5.41) is 4.21. The van der Waals surface area contributed by atoms with E-state index in [1.807, 2.05) is 11.0 Å². The lowest BCUT2D eigenvalue weighted by atomic mass is 9.98. The smallest absolute Gasteiger partial charge is 0.137 e. The molecular formula is C17H22N4. The highest BCUT2D eigenvalue weighted by atomic mass is 15.3. The molecule has 1 fully saturated rings. The lowest BCUT2D eigenvalue weighted by Crippen LogP contribution is -2.37. The summed E-state index contributed by atoms with van der Waals surface area (Å²) >= 11 is 0. The molecule has 1 atom stereocenters. The van der Waals surface area contributed by atoms with Crippen LogP contribution < -0.4 is 0 Å². The molecule has 0 N–H and O–H groups in total. The van der Waals surface area contributed by atoms with Gasteiger partial charge in [-0.2, -0.15) is 5.10 Å².